The van der Waals surface area contributed by atoms with Gasteiger partial charge >= 0.3 is 0 Å². The van der Waals surface area contributed by atoms with Crippen molar-refractivity contribution in [2.45, 2.75) is 54.9 Å². The van der Waals surface area contributed by atoms with Gasteiger partial charge in [0.05, 0.1) is 5.69 Å². The Labute approximate surface area is 101 Å². The first-order valence-electron chi connectivity index (χ1n) is 6.31. The van der Waals surface area contributed by atoms with E-state index in [1.807, 2.05) is 45.6 Å². The average molecular weight is 224 g/mol. The second-order valence-corrected chi connectivity index (χ2v) is 3.22. The third-order valence-corrected chi connectivity index (χ3v) is 1.99. The van der Waals surface area contributed by atoms with Crippen LogP contribution in [-0.2, 0) is 7.05 Å². The number of aryl methyl sites for hydroxylation is 2. The maximum Gasteiger partial charge on any atom is 0.0879 e. The van der Waals surface area contributed by atoms with Gasteiger partial charge in [0.1, 0.15) is 0 Å². The van der Waals surface area contributed by atoms with Crippen molar-refractivity contribution in [1.29, 1.82) is 0 Å². The molecule has 0 unspecified atom stereocenters. The van der Waals surface area contributed by atoms with Crippen molar-refractivity contribution in [2.24, 2.45) is 7.05 Å². The molecule has 0 aromatic carbocycles. The van der Waals surface area contributed by atoms with Crippen molar-refractivity contribution in [3.8, 4) is 0 Å². The highest BCUT2D eigenvalue weighted by molar-refractivity contribution is 5.51. The van der Waals surface area contributed by atoms with Crippen molar-refractivity contribution in [3.05, 3.63) is 23.0 Å². The van der Waals surface area contributed by atoms with Crippen LogP contribution in [0.3, 0.4) is 0 Å². The van der Waals surface area contributed by atoms with Crippen molar-refractivity contribution in [1.82, 2.24) is 9.78 Å². The lowest BCUT2D eigenvalue weighted by molar-refractivity contribution is 0.764. The summed E-state index contributed by atoms with van der Waals surface area (Å²) >= 11 is 0. The summed E-state index contributed by atoms with van der Waals surface area (Å²) in [6.45, 7) is 14.4. The molecule has 94 valence electrons. The quantitative estimate of drug-likeness (QED) is 0.718. The normalized spacial score (nSPS) is 9.88. The van der Waals surface area contributed by atoms with Crippen molar-refractivity contribution in [2.75, 3.05) is 0 Å². The third kappa shape index (κ3) is 6.44. The fourth-order valence-corrected chi connectivity index (χ4v) is 1.10. The fraction of sp³-hybridized carbons (Fsp3) is 0.643. The zero-order valence-corrected chi connectivity index (χ0v) is 12.3. The van der Waals surface area contributed by atoms with Gasteiger partial charge in [-0.15, -0.1) is 0 Å². The molecule has 2 heteroatoms. The lowest BCUT2D eigenvalue weighted by atomic mass is 10.1. The van der Waals surface area contributed by atoms with Gasteiger partial charge < -0.3 is 0 Å². The van der Waals surface area contributed by atoms with E-state index >= 15 is 0 Å². The van der Waals surface area contributed by atoms with Crippen LogP contribution < -0.4 is 0 Å². The molecule has 1 heterocycles. The molecule has 0 bridgehead atoms. The average Bonchev–Trinajstić information content (AvgIpc) is 2.63. The van der Waals surface area contributed by atoms with Crippen LogP contribution in [-0.4, -0.2) is 9.78 Å². The summed E-state index contributed by atoms with van der Waals surface area (Å²) in [6.07, 6.45) is 5.28. The molecule has 1 aromatic rings. The Kier molecular flexibility index (Phi) is 11.3. The molecule has 0 amide bonds. The van der Waals surface area contributed by atoms with Crippen molar-refractivity contribution in [3.63, 3.8) is 0 Å². The van der Waals surface area contributed by atoms with E-state index in [4.69, 9.17) is 0 Å². The van der Waals surface area contributed by atoms with Crippen LogP contribution in [0.4, 0.5) is 0 Å². The molecule has 1 rings (SSSR count). The molecule has 16 heavy (non-hydrogen) atoms. The van der Waals surface area contributed by atoms with Gasteiger partial charge in [0, 0.05) is 13.2 Å². The van der Waals surface area contributed by atoms with Gasteiger partial charge in [0.25, 0.3) is 0 Å². The molecule has 0 aliphatic heterocycles. The molecular formula is C14H28N2. The molecule has 0 radical (unpaired) electrons. The van der Waals surface area contributed by atoms with Crippen LogP contribution in [0.15, 0.2) is 11.8 Å². The maximum atomic E-state index is 4.34. The Balaban J connectivity index is 0. The molecular weight excluding hydrogens is 196 g/mol. The van der Waals surface area contributed by atoms with Crippen LogP contribution in [0.5, 0.6) is 0 Å². The minimum absolute atomic E-state index is 1.09. The second kappa shape index (κ2) is 10.5. The largest absolute Gasteiger partial charge is 0.275 e. The van der Waals surface area contributed by atoms with E-state index in [2.05, 4.69) is 31.9 Å². The predicted octanol–water partition coefficient (Wildman–Crippen LogP) is 4.59. The second-order valence-electron chi connectivity index (χ2n) is 3.22. The Bertz CT molecular complexity index is 296. The SMILES string of the molecule is CC.CC.CC/C(C)=C\c1nn(C)cc1C. The minimum Gasteiger partial charge on any atom is -0.275 e. The van der Waals surface area contributed by atoms with Gasteiger partial charge in [-0.3, -0.25) is 4.68 Å². The van der Waals surface area contributed by atoms with Crippen molar-refractivity contribution < 1.29 is 0 Å². The van der Waals surface area contributed by atoms with Gasteiger partial charge in [0.2, 0.25) is 0 Å². The summed E-state index contributed by atoms with van der Waals surface area (Å²) in [4.78, 5) is 0. The number of aromatic nitrogens is 2. The van der Waals surface area contributed by atoms with E-state index < -0.39 is 0 Å². The molecule has 0 N–H and O–H groups in total. The summed E-state index contributed by atoms with van der Waals surface area (Å²) in [6, 6.07) is 0. The molecule has 2 nitrogen and oxygen atoms in total. The Morgan fingerprint density at radius 2 is 1.81 bits per heavy atom. The van der Waals surface area contributed by atoms with Gasteiger partial charge in [-0.1, -0.05) is 40.2 Å². The van der Waals surface area contributed by atoms with Gasteiger partial charge in [-0.2, -0.15) is 5.10 Å². The Morgan fingerprint density at radius 1 is 1.31 bits per heavy atom. The van der Waals surface area contributed by atoms with Gasteiger partial charge in [-0.05, 0) is 31.9 Å². The highest BCUT2D eigenvalue weighted by Gasteiger charge is 1.98. The summed E-state index contributed by atoms with van der Waals surface area (Å²) in [5, 5.41) is 4.34. The Hall–Kier alpha value is -1.05. The fourth-order valence-electron chi connectivity index (χ4n) is 1.10. The summed E-state index contributed by atoms with van der Waals surface area (Å²) in [7, 11) is 1.95. The number of allylic oxidation sites excluding steroid dienone is 1. The standard InChI is InChI=1S/C10H16N2.2C2H6/c1-5-8(2)6-10-9(3)7-12(4)11-10;2*1-2/h6-7H,5H2,1-4H3;2*1-2H3/b8-6-;;. The monoisotopic (exact) mass is 224 g/mol. The summed E-state index contributed by atoms with van der Waals surface area (Å²) in [5.74, 6) is 0. The lowest BCUT2D eigenvalue weighted by Crippen LogP contribution is -1.87. The smallest absolute Gasteiger partial charge is 0.0879 e. The van der Waals surface area contributed by atoms with Crippen LogP contribution in [0.1, 0.15) is 59.2 Å². The van der Waals surface area contributed by atoms with E-state index in [0.29, 0.717) is 0 Å². The van der Waals surface area contributed by atoms with E-state index in [9.17, 15) is 0 Å². The van der Waals surface area contributed by atoms with Crippen LogP contribution >= 0.6 is 0 Å². The molecule has 0 saturated heterocycles. The zero-order chi connectivity index (χ0) is 13.1. The molecule has 0 spiro atoms. The molecule has 1 aromatic heterocycles. The highest BCUT2D eigenvalue weighted by atomic mass is 15.2. The molecule has 0 saturated carbocycles. The highest BCUT2D eigenvalue weighted by Crippen LogP contribution is 2.10. The number of rotatable bonds is 2. The Morgan fingerprint density at radius 3 is 2.12 bits per heavy atom. The summed E-state index contributed by atoms with van der Waals surface area (Å²) in [5.41, 5.74) is 3.71. The molecule has 0 aliphatic rings. The van der Waals surface area contributed by atoms with Crippen LogP contribution in [0, 0.1) is 6.92 Å². The van der Waals surface area contributed by atoms with Crippen LogP contribution in [0.2, 0.25) is 0 Å². The van der Waals surface area contributed by atoms with Crippen molar-refractivity contribution >= 4 is 6.08 Å². The first-order valence-corrected chi connectivity index (χ1v) is 6.31. The van der Waals surface area contributed by atoms with E-state index in [-0.39, 0.29) is 0 Å². The molecule has 0 fully saturated rings. The first-order chi connectivity index (χ1) is 7.63. The maximum absolute atomic E-state index is 4.34. The molecule has 0 atom stereocenters. The number of nitrogens with zero attached hydrogens (tertiary/aromatic N) is 2. The minimum atomic E-state index is 1.09. The van der Waals surface area contributed by atoms with Gasteiger partial charge in [0.15, 0.2) is 0 Å². The first kappa shape index (κ1) is 17.3. The molecule has 0 aliphatic carbocycles. The summed E-state index contributed by atoms with van der Waals surface area (Å²) < 4.78 is 1.85. The number of hydrogen-bond acceptors (Lipinski definition) is 1. The van der Waals surface area contributed by atoms with Gasteiger partial charge in [-0.25, -0.2) is 0 Å². The number of hydrogen-bond donors (Lipinski definition) is 0. The third-order valence-electron chi connectivity index (χ3n) is 1.99. The lowest BCUT2D eigenvalue weighted by Gasteiger charge is -1.93. The van der Waals surface area contributed by atoms with E-state index in [1.54, 1.807) is 0 Å². The predicted molar refractivity (Wildman–Crippen MR) is 74.6 cm³/mol. The topological polar surface area (TPSA) is 17.8 Å². The van der Waals surface area contributed by atoms with E-state index in [1.165, 1.54) is 11.1 Å². The van der Waals surface area contributed by atoms with E-state index in [0.717, 1.165) is 12.1 Å². The zero-order valence-electron chi connectivity index (χ0n) is 12.3. The van der Waals surface area contributed by atoms with Crippen LogP contribution in [0.25, 0.3) is 6.08 Å².